The number of rotatable bonds is 6. The summed E-state index contributed by atoms with van der Waals surface area (Å²) in [7, 11) is 0. The molecule has 0 bridgehead atoms. The number of aliphatic hydroxyl groups is 1. The molecule has 6 nitrogen and oxygen atoms in total. The number of benzene rings is 1. The molecule has 0 unspecified atom stereocenters. The average Bonchev–Trinajstić information content (AvgIpc) is 2.48. The van der Waals surface area contributed by atoms with E-state index in [2.05, 4.69) is 4.98 Å². The van der Waals surface area contributed by atoms with Gasteiger partial charge in [-0.3, -0.25) is 15.1 Å². The third-order valence-electron chi connectivity index (χ3n) is 2.82. The third kappa shape index (κ3) is 3.52. The van der Waals surface area contributed by atoms with Crippen molar-refractivity contribution >= 4 is 5.69 Å². The predicted octanol–water partition coefficient (Wildman–Crippen LogP) is 2.10. The molecule has 0 fully saturated rings. The largest absolute Gasteiger partial charge is 0.493 e. The first-order valence-electron chi connectivity index (χ1n) is 6.10. The summed E-state index contributed by atoms with van der Waals surface area (Å²) in [5.41, 5.74) is 1.44. The minimum absolute atomic E-state index is 0.0597. The Kier molecular flexibility index (Phi) is 4.62. The highest BCUT2D eigenvalue weighted by Crippen LogP contribution is 2.24. The van der Waals surface area contributed by atoms with Crippen molar-refractivity contribution in [1.29, 1.82) is 0 Å². The molecular weight excluding hydrogens is 260 g/mol. The van der Waals surface area contributed by atoms with Gasteiger partial charge in [0.05, 0.1) is 18.1 Å². The fraction of sp³-hybridized carbons (Fsp3) is 0.214. The highest BCUT2D eigenvalue weighted by atomic mass is 16.6. The van der Waals surface area contributed by atoms with Gasteiger partial charge in [-0.1, -0.05) is 0 Å². The smallest absolute Gasteiger partial charge is 0.270 e. The van der Waals surface area contributed by atoms with Crippen LogP contribution in [0.1, 0.15) is 11.1 Å². The molecule has 1 heterocycles. The van der Waals surface area contributed by atoms with Crippen molar-refractivity contribution in [2.24, 2.45) is 0 Å². The second-order valence-electron chi connectivity index (χ2n) is 4.16. The van der Waals surface area contributed by atoms with Crippen molar-refractivity contribution in [2.45, 2.75) is 13.0 Å². The fourth-order valence-corrected chi connectivity index (χ4v) is 1.77. The molecule has 104 valence electrons. The number of aliphatic hydroxyl groups excluding tert-OH is 1. The molecule has 2 rings (SSSR count). The van der Waals surface area contributed by atoms with E-state index in [0.29, 0.717) is 24.3 Å². The molecule has 0 aliphatic carbocycles. The number of hydrogen-bond acceptors (Lipinski definition) is 5. The van der Waals surface area contributed by atoms with Crippen LogP contribution in [-0.4, -0.2) is 21.6 Å². The summed E-state index contributed by atoms with van der Waals surface area (Å²) in [4.78, 5) is 14.1. The van der Waals surface area contributed by atoms with Crippen LogP contribution in [0.25, 0.3) is 0 Å². The summed E-state index contributed by atoms with van der Waals surface area (Å²) in [6, 6.07) is 7.98. The first kappa shape index (κ1) is 14.0. The van der Waals surface area contributed by atoms with E-state index in [1.807, 2.05) is 12.1 Å². The van der Waals surface area contributed by atoms with Gasteiger partial charge in [0.15, 0.2) is 0 Å². The van der Waals surface area contributed by atoms with Crippen LogP contribution in [0.15, 0.2) is 42.7 Å². The van der Waals surface area contributed by atoms with Crippen LogP contribution >= 0.6 is 0 Å². The zero-order chi connectivity index (χ0) is 14.4. The van der Waals surface area contributed by atoms with Crippen LogP contribution in [0.5, 0.6) is 5.75 Å². The van der Waals surface area contributed by atoms with Crippen LogP contribution in [0.2, 0.25) is 0 Å². The maximum atomic E-state index is 10.7. The zero-order valence-corrected chi connectivity index (χ0v) is 10.7. The van der Waals surface area contributed by atoms with Gasteiger partial charge in [0.25, 0.3) is 5.69 Å². The average molecular weight is 274 g/mol. The Morgan fingerprint density at radius 2 is 2.00 bits per heavy atom. The summed E-state index contributed by atoms with van der Waals surface area (Å²) < 4.78 is 5.56. The van der Waals surface area contributed by atoms with Crippen LogP contribution < -0.4 is 4.74 Å². The summed E-state index contributed by atoms with van der Waals surface area (Å²) >= 11 is 0. The summed E-state index contributed by atoms with van der Waals surface area (Å²) in [6.45, 7) is 0.126. The molecule has 0 aliphatic heterocycles. The highest BCUT2D eigenvalue weighted by Gasteiger charge is 2.11. The summed E-state index contributed by atoms with van der Waals surface area (Å²) in [6.07, 6.45) is 4.12. The number of nitro groups is 1. The number of hydrogen-bond donors (Lipinski definition) is 1. The zero-order valence-electron chi connectivity index (χ0n) is 10.7. The van der Waals surface area contributed by atoms with Crippen molar-refractivity contribution in [3.05, 3.63) is 64.0 Å². The third-order valence-corrected chi connectivity index (χ3v) is 2.82. The van der Waals surface area contributed by atoms with Crippen LogP contribution in [0.3, 0.4) is 0 Å². The summed E-state index contributed by atoms with van der Waals surface area (Å²) in [5, 5.41) is 19.9. The molecule has 0 saturated carbocycles. The molecule has 20 heavy (non-hydrogen) atoms. The number of nitro benzene ring substituents is 1. The van der Waals surface area contributed by atoms with Gasteiger partial charge in [-0.25, -0.2) is 0 Å². The number of ether oxygens (including phenoxy) is 1. The lowest BCUT2D eigenvalue weighted by Gasteiger charge is -2.09. The molecule has 2 aromatic rings. The van der Waals surface area contributed by atoms with Gasteiger partial charge in [0, 0.05) is 36.5 Å². The maximum Gasteiger partial charge on any atom is 0.270 e. The lowest BCUT2D eigenvalue weighted by Crippen LogP contribution is -2.04. The molecular formula is C14H14N2O4. The van der Waals surface area contributed by atoms with E-state index in [0.717, 1.165) is 5.56 Å². The van der Waals surface area contributed by atoms with Gasteiger partial charge in [-0.15, -0.1) is 0 Å². The van der Waals surface area contributed by atoms with E-state index in [1.54, 1.807) is 12.4 Å². The Bertz CT molecular complexity index is 587. The second kappa shape index (κ2) is 6.63. The predicted molar refractivity (Wildman–Crippen MR) is 72.5 cm³/mol. The van der Waals surface area contributed by atoms with Crippen molar-refractivity contribution in [1.82, 2.24) is 4.98 Å². The van der Waals surface area contributed by atoms with Gasteiger partial charge < -0.3 is 9.84 Å². The molecule has 0 amide bonds. The highest BCUT2D eigenvalue weighted by molar-refractivity contribution is 5.43. The van der Waals surface area contributed by atoms with E-state index in [4.69, 9.17) is 4.74 Å². The van der Waals surface area contributed by atoms with Gasteiger partial charge in [-0.2, -0.15) is 0 Å². The molecule has 1 N–H and O–H groups in total. The lowest BCUT2D eigenvalue weighted by molar-refractivity contribution is -0.385. The Balaban J connectivity index is 2.00. The first-order valence-corrected chi connectivity index (χ1v) is 6.10. The molecule has 0 atom stereocenters. The monoisotopic (exact) mass is 274 g/mol. The van der Waals surface area contributed by atoms with Crippen LogP contribution in [-0.2, 0) is 13.0 Å². The number of pyridine rings is 1. The Hall–Kier alpha value is -2.47. The van der Waals surface area contributed by atoms with Crippen LogP contribution in [0.4, 0.5) is 5.69 Å². The van der Waals surface area contributed by atoms with Crippen molar-refractivity contribution in [2.75, 3.05) is 6.61 Å². The van der Waals surface area contributed by atoms with E-state index < -0.39 is 4.92 Å². The molecule has 0 radical (unpaired) electrons. The van der Waals surface area contributed by atoms with Crippen molar-refractivity contribution in [3.8, 4) is 5.75 Å². The molecule has 1 aromatic carbocycles. The van der Waals surface area contributed by atoms with Gasteiger partial charge in [0.1, 0.15) is 5.75 Å². The summed E-state index contributed by atoms with van der Waals surface area (Å²) in [5.74, 6) is 0.465. The SMILES string of the molecule is O=[N+]([O-])c1ccc(OCCc2ccncc2)c(CO)c1. The molecule has 1 aromatic heterocycles. The normalized spacial score (nSPS) is 10.2. The van der Waals surface area contributed by atoms with Gasteiger partial charge >= 0.3 is 0 Å². The van der Waals surface area contributed by atoms with Crippen LogP contribution in [0, 0.1) is 10.1 Å². The molecule has 0 spiro atoms. The molecule has 6 heteroatoms. The minimum Gasteiger partial charge on any atom is -0.493 e. The Labute approximate surface area is 115 Å². The second-order valence-corrected chi connectivity index (χ2v) is 4.16. The first-order chi connectivity index (χ1) is 9.70. The molecule has 0 saturated heterocycles. The van der Waals surface area contributed by atoms with E-state index in [9.17, 15) is 15.2 Å². The maximum absolute atomic E-state index is 10.7. The minimum atomic E-state index is -0.500. The van der Waals surface area contributed by atoms with Crippen molar-refractivity contribution < 1.29 is 14.8 Å². The fourth-order valence-electron chi connectivity index (χ4n) is 1.77. The standard InChI is InChI=1S/C14H14N2O4/c17-10-12-9-13(16(18)19)1-2-14(12)20-8-5-11-3-6-15-7-4-11/h1-4,6-7,9,17H,5,8,10H2. The van der Waals surface area contributed by atoms with E-state index >= 15 is 0 Å². The lowest BCUT2D eigenvalue weighted by atomic mass is 10.2. The topological polar surface area (TPSA) is 85.5 Å². The van der Waals surface area contributed by atoms with Gasteiger partial charge in [-0.05, 0) is 23.8 Å². The quantitative estimate of drug-likeness (QED) is 0.644. The number of aromatic nitrogens is 1. The van der Waals surface area contributed by atoms with Gasteiger partial charge in [0.2, 0.25) is 0 Å². The Morgan fingerprint density at radius 3 is 2.65 bits per heavy atom. The van der Waals surface area contributed by atoms with E-state index in [-0.39, 0.29) is 12.3 Å². The number of non-ortho nitro benzene ring substituents is 1. The van der Waals surface area contributed by atoms with E-state index in [1.165, 1.54) is 18.2 Å². The molecule has 0 aliphatic rings. The Morgan fingerprint density at radius 1 is 1.25 bits per heavy atom. The number of nitrogens with zero attached hydrogens (tertiary/aromatic N) is 2. The van der Waals surface area contributed by atoms with Crippen molar-refractivity contribution in [3.63, 3.8) is 0 Å².